The molecule has 0 spiro atoms. The van der Waals surface area contributed by atoms with E-state index in [0.29, 0.717) is 28.7 Å². The first kappa shape index (κ1) is 18.0. The van der Waals surface area contributed by atoms with E-state index < -0.39 is 5.97 Å². The molecule has 4 rings (SSSR count). The minimum Gasteiger partial charge on any atom is -0.493 e. The molecule has 0 radical (unpaired) electrons. The van der Waals surface area contributed by atoms with Gasteiger partial charge in [-0.05, 0) is 29.8 Å². The maximum absolute atomic E-state index is 11.9. The van der Waals surface area contributed by atoms with Crippen LogP contribution < -0.4 is 9.47 Å². The number of thiazole rings is 1. The molecule has 0 fully saturated rings. The molecule has 0 aliphatic rings. The average Bonchev–Trinajstić information content (AvgIpc) is 3.16. The number of ether oxygens (including phenoxy) is 2. The largest absolute Gasteiger partial charge is 0.493 e. The van der Waals surface area contributed by atoms with Gasteiger partial charge in [0.15, 0.2) is 11.5 Å². The maximum Gasteiger partial charge on any atom is 0.336 e. The Kier molecular flexibility index (Phi) is 4.95. The zero-order valence-electron chi connectivity index (χ0n) is 15.1. The zero-order valence-corrected chi connectivity index (χ0v) is 15.9. The summed E-state index contributed by atoms with van der Waals surface area (Å²) in [6.45, 7) is 0.316. The minimum absolute atomic E-state index is 0.128. The van der Waals surface area contributed by atoms with E-state index in [-0.39, 0.29) is 5.56 Å². The van der Waals surface area contributed by atoms with Crippen molar-refractivity contribution in [3.05, 3.63) is 77.9 Å². The number of benzene rings is 3. The lowest BCUT2D eigenvalue weighted by atomic mass is 10.1. The van der Waals surface area contributed by atoms with Crippen LogP contribution in [0.3, 0.4) is 0 Å². The molecule has 0 atom stereocenters. The standard InChI is InChI=1S/C22H17NO4S/c1-26-18-11-15(21-23-17-9-5-6-10-20(17)28-21)16(22(24)25)12-19(18)27-13-14-7-3-2-4-8-14/h2-12H,13H2,1H3,(H,24,25). The number of rotatable bonds is 6. The Bertz CT molecular complexity index is 1100. The number of carbonyl (C=O) groups is 1. The molecular weight excluding hydrogens is 374 g/mol. The molecule has 0 amide bonds. The van der Waals surface area contributed by atoms with Gasteiger partial charge in [-0.1, -0.05) is 42.5 Å². The van der Waals surface area contributed by atoms with Crippen LogP contribution in [0.1, 0.15) is 15.9 Å². The second-order valence-corrected chi connectivity index (χ2v) is 7.15. The second kappa shape index (κ2) is 7.70. The summed E-state index contributed by atoms with van der Waals surface area (Å²) in [7, 11) is 1.54. The Labute approximate surface area is 165 Å². The number of aromatic carboxylic acids is 1. The van der Waals surface area contributed by atoms with E-state index in [1.165, 1.54) is 24.5 Å². The number of para-hydroxylation sites is 1. The Morgan fingerprint density at radius 2 is 1.79 bits per heavy atom. The van der Waals surface area contributed by atoms with Crippen LogP contribution in [-0.4, -0.2) is 23.2 Å². The summed E-state index contributed by atoms with van der Waals surface area (Å²) >= 11 is 1.45. The zero-order chi connectivity index (χ0) is 19.5. The van der Waals surface area contributed by atoms with Crippen LogP contribution in [0.25, 0.3) is 20.8 Å². The highest BCUT2D eigenvalue weighted by Gasteiger charge is 2.20. The smallest absolute Gasteiger partial charge is 0.336 e. The molecule has 1 heterocycles. The molecule has 4 aromatic rings. The number of carboxylic acid groups (broad SMARTS) is 1. The third kappa shape index (κ3) is 3.54. The van der Waals surface area contributed by atoms with Gasteiger partial charge in [-0.3, -0.25) is 0 Å². The van der Waals surface area contributed by atoms with Crippen molar-refractivity contribution >= 4 is 27.5 Å². The number of fused-ring (bicyclic) bond motifs is 1. The normalized spacial score (nSPS) is 10.8. The molecule has 0 bridgehead atoms. The summed E-state index contributed by atoms with van der Waals surface area (Å²) in [5.41, 5.74) is 2.46. The topological polar surface area (TPSA) is 68.7 Å². The van der Waals surface area contributed by atoms with Crippen LogP contribution in [0.5, 0.6) is 11.5 Å². The van der Waals surface area contributed by atoms with Gasteiger partial charge in [0.25, 0.3) is 0 Å². The van der Waals surface area contributed by atoms with Crippen molar-refractivity contribution in [1.82, 2.24) is 4.98 Å². The van der Waals surface area contributed by atoms with Crippen molar-refractivity contribution < 1.29 is 19.4 Å². The molecule has 5 nitrogen and oxygen atoms in total. The van der Waals surface area contributed by atoms with Crippen LogP contribution in [0.2, 0.25) is 0 Å². The molecular formula is C22H17NO4S. The van der Waals surface area contributed by atoms with E-state index in [4.69, 9.17) is 9.47 Å². The van der Waals surface area contributed by atoms with Crippen molar-refractivity contribution in [2.45, 2.75) is 6.61 Å². The van der Waals surface area contributed by atoms with Gasteiger partial charge in [0.05, 0.1) is 22.9 Å². The van der Waals surface area contributed by atoms with Crippen LogP contribution in [-0.2, 0) is 6.61 Å². The monoisotopic (exact) mass is 391 g/mol. The van der Waals surface area contributed by atoms with Gasteiger partial charge in [-0.2, -0.15) is 0 Å². The molecule has 0 saturated carbocycles. The first-order valence-corrected chi connectivity index (χ1v) is 9.45. The molecule has 0 aliphatic carbocycles. The summed E-state index contributed by atoms with van der Waals surface area (Å²) in [6.07, 6.45) is 0. The highest BCUT2D eigenvalue weighted by atomic mass is 32.1. The van der Waals surface area contributed by atoms with Crippen LogP contribution in [0.15, 0.2) is 66.7 Å². The molecule has 0 aliphatic heterocycles. The lowest BCUT2D eigenvalue weighted by Crippen LogP contribution is -2.04. The van der Waals surface area contributed by atoms with Crippen LogP contribution >= 0.6 is 11.3 Å². The van der Waals surface area contributed by atoms with E-state index in [1.807, 2.05) is 54.6 Å². The Balaban J connectivity index is 1.75. The molecule has 6 heteroatoms. The predicted octanol–water partition coefficient (Wildman–Crippen LogP) is 5.25. The first-order chi connectivity index (χ1) is 13.7. The lowest BCUT2D eigenvalue weighted by Gasteiger charge is -2.14. The molecule has 0 saturated heterocycles. The SMILES string of the molecule is COc1cc(-c2nc3ccccc3s2)c(C(=O)O)cc1OCc1ccccc1. The van der Waals surface area contributed by atoms with Gasteiger partial charge in [0.1, 0.15) is 11.6 Å². The molecule has 0 unspecified atom stereocenters. The fourth-order valence-corrected chi connectivity index (χ4v) is 3.90. The summed E-state index contributed by atoms with van der Waals surface area (Å²) in [4.78, 5) is 16.5. The van der Waals surface area contributed by atoms with Gasteiger partial charge < -0.3 is 14.6 Å². The maximum atomic E-state index is 11.9. The molecule has 1 aromatic heterocycles. The Morgan fingerprint density at radius 1 is 1.04 bits per heavy atom. The number of hydrogen-bond donors (Lipinski definition) is 1. The van der Waals surface area contributed by atoms with Gasteiger partial charge in [0, 0.05) is 5.56 Å². The molecule has 28 heavy (non-hydrogen) atoms. The minimum atomic E-state index is -1.04. The van der Waals surface area contributed by atoms with Crippen molar-refractivity contribution in [2.24, 2.45) is 0 Å². The Morgan fingerprint density at radius 3 is 2.50 bits per heavy atom. The van der Waals surface area contributed by atoms with E-state index in [2.05, 4.69) is 4.98 Å². The number of aromatic nitrogens is 1. The van der Waals surface area contributed by atoms with Crippen molar-refractivity contribution in [3.63, 3.8) is 0 Å². The van der Waals surface area contributed by atoms with Crippen LogP contribution in [0, 0.1) is 0 Å². The summed E-state index contributed by atoms with van der Waals surface area (Å²) in [5, 5.41) is 10.4. The second-order valence-electron chi connectivity index (χ2n) is 6.11. The number of nitrogens with zero attached hydrogens (tertiary/aromatic N) is 1. The molecule has 140 valence electrons. The highest BCUT2D eigenvalue weighted by molar-refractivity contribution is 7.21. The number of hydrogen-bond acceptors (Lipinski definition) is 5. The fourth-order valence-electron chi connectivity index (χ4n) is 2.91. The van der Waals surface area contributed by atoms with Crippen molar-refractivity contribution in [1.29, 1.82) is 0 Å². The van der Waals surface area contributed by atoms with Crippen molar-refractivity contribution in [2.75, 3.05) is 7.11 Å². The third-order valence-electron chi connectivity index (χ3n) is 4.30. The Hall–Kier alpha value is -3.38. The van der Waals surface area contributed by atoms with E-state index in [0.717, 1.165) is 15.8 Å². The predicted molar refractivity (Wildman–Crippen MR) is 109 cm³/mol. The highest BCUT2D eigenvalue weighted by Crippen LogP contribution is 2.39. The fraction of sp³-hybridized carbons (Fsp3) is 0.0909. The summed E-state index contributed by atoms with van der Waals surface area (Å²) in [6, 6.07) is 20.6. The average molecular weight is 391 g/mol. The van der Waals surface area contributed by atoms with Gasteiger partial charge in [0.2, 0.25) is 0 Å². The van der Waals surface area contributed by atoms with Crippen LogP contribution in [0.4, 0.5) is 0 Å². The van der Waals surface area contributed by atoms with E-state index in [9.17, 15) is 9.90 Å². The van der Waals surface area contributed by atoms with Gasteiger partial charge in [-0.25, -0.2) is 9.78 Å². The summed E-state index contributed by atoms with van der Waals surface area (Å²) < 4.78 is 12.3. The number of carboxylic acids is 1. The van der Waals surface area contributed by atoms with E-state index >= 15 is 0 Å². The lowest BCUT2D eigenvalue weighted by molar-refractivity contribution is 0.0697. The van der Waals surface area contributed by atoms with Gasteiger partial charge >= 0.3 is 5.97 Å². The van der Waals surface area contributed by atoms with Gasteiger partial charge in [-0.15, -0.1) is 11.3 Å². The number of methoxy groups -OCH3 is 1. The quantitative estimate of drug-likeness (QED) is 0.486. The first-order valence-electron chi connectivity index (χ1n) is 8.63. The van der Waals surface area contributed by atoms with Crippen molar-refractivity contribution in [3.8, 4) is 22.1 Å². The molecule has 1 N–H and O–H groups in total. The third-order valence-corrected chi connectivity index (χ3v) is 5.37. The van der Waals surface area contributed by atoms with E-state index in [1.54, 1.807) is 6.07 Å². The molecule has 3 aromatic carbocycles. The summed E-state index contributed by atoms with van der Waals surface area (Å²) in [5.74, 6) is -0.190.